The average Bonchev–Trinajstić information content (AvgIpc) is 2.39. The monoisotopic (exact) mass is 280 g/mol. The van der Waals surface area contributed by atoms with Crippen molar-refractivity contribution >= 4 is 11.5 Å². The van der Waals surface area contributed by atoms with Crippen LogP contribution in [0.15, 0.2) is 6.33 Å². The summed E-state index contributed by atoms with van der Waals surface area (Å²) in [6.45, 7) is 3.79. The quantitative estimate of drug-likeness (QED) is 0.658. The Morgan fingerprint density at radius 1 is 1.35 bits per heavy atom. The van der Waals surface area contributed by atoms with Crippen molar-refractivity contribution in [3.8, 4) is 5.88 Å². The van der Waals surface area contributed by atoms with Crippen LogP contribution < -0.4 is 10.1 Å². The van der Waals surface area contributed by atoms with Gasteiger partial charge in [0.25, 0.3) is 5.88 Å². The Bertz CT molecular complexity index is 473. The number of hydrogen-bond acceptors (Lipinski definition) is 6. The van der Waals surface area contributed by atoms with Gasteiger partial charge in [0.2, 0.25) is 5.82 Å². The second kappa shape index (κ2) is 6.49. The molecule has 0 amide bonds. The first kappa shape index (κ1) is 14.5. The average molecular weight is 280 g/mol. The Hall–Kier alpha value is -1.92. The van der Waals surface area contributed by atoms with Gasteiger partial charge in [-0.1, -0.05) is 6.42 Å². The van der Waals surface area contributed by atoms with E-state index in [9.17, 15) is 10.1 Å². The van der Waals surface area contributed by atoms with Crippen molar-refractivity contribution in [3.63, 3.8) is 0 Å². The molecule has 0 aromatic carbocycles. The van der Waals surface area contributed by atoms with Crippen molar-refractivity contribution in [1.82, 2.24) is 9.97 Å². The number of nitrogens with zero attached hydrogens (tertiary/aromatic N) is 3. The van der Waals surface area contributed by atoms with E-state index in [1.54, 1.807) is 0 Å². The molecule has 1 aliphatic carbocycles. The predicted octanol–water partition coefficient (Wildman–Crippen LogP) is 2.92. The van der Waals surface area contributed by atoms with Gasteiger partial charge in [-0.3, -0.25) is 10.1 Å². The van der Waals surface area contributed by atoms with Gasteiger partial charge in [0.15, 0.2) is 0 Å². The first-order chi connectivity index (χ1) is 9.58. The van der Waals surface area contributed by atoms with Crippen LogP contribution in [0.4, 0.5) is 11.5 Å². The molecule has 110 valence electrons. The fourth-order valence-electron chi connectivity index (χ4n) is 2.33. The third-order valence-electron chi connectivity index (χ3n) is 3.23. The lowest BCUT2D eigenvalue weighted by Gasteiger charge is -2.22. The highest BCUT2D eigenvalue weighted by Gasteiger charge is 2.27. The summed E-state index contributed by atoms with van der Waals surface area (Å²) in [7, 11) is 0. The lowest BCUT2D eigenvalue weighted by molar-refractivity contribution is -0.385. The molecule has 1 aliphatic rings. The highest BCUT2D eigenvalue weighted by atomic mass is 16.6. The molecule has 1 N–H and O–H groups in total. The minimum atomic E-state index is -0.483. The molecule has 2 rings (SSSR count). The van der Waals surface area contributed by atoms with Crippen molar-refractivity contribution in [3.05, 3.63) is 16.4 Å². The summed E-state index contributed by atoms with van der Waals surface area (Å²) in [5.74, 6) is 0.283. The van der Waals surface area contributed by atoms with Gasteiger partial charge >= 0.3 is 5.69 Å². The van der Waals surface area contributed by atoms with Crippen LogP contribution in [0.1, 0.15) is 46.0 Å². The van der Waals surface area contributed by atoms with E-state index in [1.165, 1.54) is 12.7 Å². The molecule has 7 heteroatoms. The topological polar surface area (TPSA) is 90.2 Å². The number of anilines is 1. The minimum absolute atomic E-state index is 0.0178. The Morgan fingerprint density at radius 3 is 2.65 bits per heavy atom. The molecule has 7 nitrogen and oxygen atoms in total. The summed E-state index contributed by atoms with van der Waals surface area (Å²) in [5, 5.41) is 14.2. The minimum Gasteiger partial charge on any atom is -0.469 e. The Kier molecular flexibility index (Phi) is 4.70. The van der Waals surface area contributed by atoms with Crippen LogP contribution in [-0.4, -0.2) is 27.0 Å². The molecule has 0 saturated heterocycles. The molecule has 1 aromatic rings. The molecule has 0 radical (unpaired) electrons. The SMILES string of the molecule is CC(C)Nc1ncnc(OC2CCCCC2)c1[N+](=O)[O-]. The fourth-order valence-corrected chi connectivity index (χ4v) is 2.33. The number of rotatable bonds is 5. The molecule has 0 bridgehead atoms. The van der Waals surface area contributed by atoms with E-state index in [0.717, 1.165) is 25.7 Å². The van der Waals surface area contributed by atoms with Gasteiger partial charge in [-0.2, -0.15) is 4.98 Å². The molecule has 0 atom stereocenters. The predicted molar refractivity (Wildman–Crippen MR) is 74.9 cm³/mol. The second-order valence-electron chi connectivity index (χ2n) is 5.31. The number of nitro groups is 1. The van der Waals surface area contributed by atoms with E-state index >= 15 is 0 Å². The molecule has 0 unspecified atom stereocenters. The van der Waals surface area contributed by atoms with Gasteiger partial charge in [-0.25, -0.2) is 4.98 Å². The maximum atomic E-state index is 11.3. The summed E-state index contributed by atoms with van der Waals surface area (Å²) in [6, 6.07) is 0.0473. The fraction of sp³-hybridized carbons (Fsp3) is 0.692. The molecular weight excluding hydrogens is 260 g/mol. The van der Waals surface area contributed by atoms with Crippen LogP contribution in [0.25, 0.3) is 0 Å². The van der Waals surface area contributed by atoms with Gasteiger partial charge in [0.1, 0.15) is 12.4 Å². The first-order valence-corrected chi connectivity index (χ1v) is 7.00. The van der Waals surface area contributed by atoms with Crippen LogP contribution in [0, 0.1) is 10.1 Å². The van der Waals surface area contributed by atoms with E-state index in [2.05, 4.69) is 15.3 Å². The summed E-state index contributed by atoms with van der Waals surface area (Å²) in [4.78, 5) is 18.7. The van der Waals surface area contributed by atoms with Crippen LogP contribution >= 0.6 is 0 Å². The van der Waals surface area contributed by atoms with Crippen molar-refractivity contribution < 1.29 is 9.66 Å². The third kappa shape index (κ3) is 3.55. The van der Waals surface area contributed by atoms with Crippen LogP contribution in [0.5, 0.6) is 5.88 Å². The van der Waals surface area contributed by atoms with Crippen molar-refractivity contribution in [2.75, 3.05) is 5.32 Å². The molecule has 1 fully saturated rings. The zero-order valence-corrected chi connectivity index (χ0v) is 11.8. The Labute approximate surface area is 117 Å². The lowest BCUT2D eigenvalue weighted by atomic mass is 9.98. The summed E-state index contributed by atoms with van der Waals surface area (Å²) >= 11 is 0. The van der Waals surface area contributed by atoms with Crippen LogP contribution in [-0.2, 0) is 0 Å². The van der Waals surface area contributed by atoms with Gasteiger partial charge in [-0.15, -0.1) is 0 Å². The smallest absolute Gasteiger partial charge is 0.372 e. The van der Waals surface area contributed by atoms with E-state index in [-0.39, 0.29) is 29.5 Å². The highest BCUT2D eigenvalue weighted by Crippen LogP contribution is 2.33. The van der Waals surface area contributed by atoms with Crippen molar-refractivity contribution in [1.29, 1.82) is 0 Å². The standard InChI is InChI=1S/C13H20N4O3/c1-9(2)16-12-11(17(18)19)13(15-8-14-12)20-10-6-4-3-5-7-10/h8-10H,3-7H2,1-2H3,(H,14,15,16). The van der Waals surface area contributed by atoms with Crippen LogP contribution in [0.3, 0.4) is 0 Å². The number of ether oxygens (including phenoxy) is 1. The molecule has 0 spiro atoms. The molecule has 0 aliphatic heterocycles. The van der Waals surface area contributed by atoms with Crippen molar-refractivity contribution in [2.45, 2.75) is 58.1 Å². The van der Waals surface area contributed by atoms with Gasteiger partial charge in [0, 0.05) is 6.04 Å². The first-order valence-electron chi connectivity index (χ1n) is 7.00. The zero-order valence-electron chi connectivity index (χ0n) is 11.8. The molecule has 1 aromatic heterocycles. The second-order valence-corrected chi connectivity index (χ2v) is 5.31. The maximum absolute atomic E-state index is 11.3. The van der Waals surface area contributed by atoms with E-state index in [4.69, 9.17) is 4.74 Å². The number of nitrogens with one attached hydrogen (secondary N) is 1. The van der Waals surface area contributed by atoms with E-state index < -0.39 is 4.92 Å². The van der Waals surface area contributed by atoms with E-state index in [0.29, 0.717) is 0 Å². The van der Waals surface area contributed by atoms with Gasteiger partial charge < -0.3 is 10.1 Å². The van der Waals surface area contributed by atoms with E-state index in [1.807, 2.05) is 13.8 Å². The summed E-state index contributed by atoms with van der Waals surface area (Å²) in [5.41, 5.74) is -0.174. The molecular formula is C13H20N4O3. The normalized spacial score (nSPS) is 16.1. The van der Waals surface area contributed by atoms with Gasteiger partial charge in [-0.05, 0) is 39.5 Å². The largest absolute Gasteiger partial charge is 0.469 e. The Balaban J connectivity index is 2.24. The van der Waals surface area contributed by atoms with Gasteiger partial charge in [0.05, 0.1) is 4.92 Å². The van der Waals surface area contributed by atoms with Crippen molar-refractivity contribution in [2.24, 2.45) is 0 Å². The molecule has 1 saturated carbocycles. The maximum Gasteiger partial charge on any atom is 0.372 e. The molecule has 1 heterocycles. The van der Waals surface area contributed by atoms with Crippen LogP contribution in [0.2, 0.25) is 0 Å². The number of aromatic nitrogens is 2. The number of hydrogen-bond donors (Lipinski definition) is 1. The summed E-state index contributed by atoms with van der Waals surface area (Å²) < 4.78 is 5.74. The molecule has 20 heavy (non-hydrogen) atoms. The highest BCUT2D eigenvalue weighted by molar-refractivity contribution is 5.61. The lowest BCUT2D eigenvalue weighted by Crippen LogP contribution is -2.21. The third-order valence-corrected chi connectivity index (χ3v) is 3.23. The summed E-state index contributed by atoms with van der Waals surface area (Å²) in [6.07, 6.45) is 6.56. The zero-order chi connectivity index (χ0) is 14.5. The Morgan fingerprint density at radius 2 is 2.05 bits per heavy atom.